The fraction of sp³-hybridized carbons (Fsp3) is 0. The average Bonchev–Trinajstić information content (AvgIpc) is 1.52. The molecular weight excluding hydrogens is 1110 g/mol. The molecule has 0 saturated carbocycles. The second kappa shape index (κ2) is 22.6. The molecule has 16 aromatic rings. The fourth-order valence-electron chi connectivity index (χ4n) is 11.8. The molecule has 0 fully saturated rings. The Labute approximate surface area is 516 Å². The van der Waals surface area contributed by atoms with Crippen molar-refractivity contribution in [3.63, 3.8) is 0 Å². The summed E-state index contributed by atoms with van der Waals surface area (Å²) in [5.74, 6) is -0.682. The lowest BCUT2D eigenvalue weighted by molar-refractivity contribution is 0.627. The van der Waals surface area contributed by atoms with Gasteiger partial charge in [0, 0.05) is 44.5 Å². The van der Waals surface area contributed by atoms with Gasteiger partial charge in [-0.1, -0.05) is 200 Å². The zero-order valence-electron chi connectivity index (χ0n) is 48.0. The lowest BCUT2D eigenvalue weighted by Gasteiger charge is -2.14. The van der Waals surface area contributed by atoms with E-state index in [0.717, 1.165) is 128 Å². The number of aromatic nitrogens is 8. The molecule has 0 amide bonds. The summed E-state index contributed by atoms with van der Waals surface area (Å²) in [5.41, 5.74) is 24.3. The molecule has 90 heavy (non-hydrogen) atoms. The highest BCUT2D eigenvalue weighted by Crippen LogP contribution is 2.40. The van der Waals surface area contributed by atoms with Crippen LogP contribution in [0.25, 0.3) is 168 Å². The molecular formula is C80H48F2N8. The van der Waals surface area contributed by atoms with Gasteiger partial charge in [-0.15, -0.1) is 0 Å². The van der Waals surface area contributed by atoms with Gasteiger partial charge in [0.2, 0.25) is 0 Å². The lowest BCUT2D eigenvalue weighted by Crippen LogP contribution is -1.97. The van der Waals surface area contributed by atoms with Crippen LogP contribution in [0.2, 0.25) is 0 Å². The summed E-state index contributed by atoms with van der Waals surface area (Å²) in [6, 6.07) is 94.4. The third kappa shape index (κ3) is 10.2. The van der Waals surface area contributed by atoms with Crippen molar-refractivity contribution in [3.8, 4) is 123 Å². The van der Waals surface area contributed by atoms with Gasteiger partial charge in [0.25, 0.3) is 0 Å². The first-order valence-corrected chi connectivity index (χ1v) is 29.6. The van der Waals surface area contributed by atoms with Crippen molar-refractivity contribution in [2.24, 2.45) is 0 Å². The van der Waals surface area contributed by atoms with Crippen molar-refractivity contribution < 1.29 is 8.78 Å². The molecule has 0 saturated heterocycles. The third-order valence-corrected chi connectivity index (χ3v) is 16.4. The maximum atomic E-state index is 15.2. The maximum Gasteiger partial charge on any atom is 0.123 e. The second-order valence-electron chi connectivity index (χ2n) is 22.1. The summed E-state index contributed by atoms with van der Waals surface area (Å²) in [4.78, 5) is 42.0. The van der Waals surface area contributed by atoms with E-state index in [1.54, 1.807) is 18.2 Å². The summed E-state index contributed by atoms with van der Waals surface area (Å²) in [6.45, 7) is 0. The van der Waals surface area contributed by atoms with Crippen molar-refractivity contribution in [1.29, 1.82) is 0 Å². The van der Waals surface area contributed by atoms with E-state index in [9.17, 15) is 4.39 Å². The van der Waals surface area contributed by atoms with Crippen molar-refractivity contribution in [1.82, 2.24) is 39.9 Å². The largest absolute Gasteiger partial charge is 0.244 e. The Morgan fingerprint density at radius 2 is 0.378 bits per heavy atom. The van der Waals surface area contributed by atoms with Crippen LogP contribution in [0.3, 0.4) is 0 Å². The average molecular weight is 1160 g/mol. The van der Waals surface area contributed by atoms with E-state index < -0.39 is 0 Å². The third-order valence-electron chi connectivity index (χ3n) is 16.4. The van der Waals surface area contributed by atoms with Crippen molar-refractivity contribution in [2.75, 3.05) is 0 Å². The van der Waals surface area contributed by atoms with Gasteiger partial charge < -0.3 is 0 Å². The van der Waals surface area contributed by atoms with E-state index in [0.29, 0.717) is 39.2 Å². The molecule has 0 spiro atoms. The summed E-state index contributed by atoms with van der Waals surface area (Å²) >= 11 is 0. The van der Waals surface area contributed by atoms with E-state index in [-0.39, 0.29) is 11.6 Å². The maximum absolute atomic E-state index is 15.2. The van der Waals surface area contributed by atoms with Gasteiger partial charge in [0.15, 0.2) is 0 Å². The van der Waals surface area contributed by atoms with Gasteiger partial charge in [-0.05, 0) is 124 Å². The Hall–Kier alpha value is -12.1. The number of rotatable bonds is 11. The van der Waals surface area contributed by atoms with Crippen LogP contribution in [0.15, 0.2) is 291 Å². The van der Waals surface area contributed by atoms with Crippen molar-refractivity contribution in [3.05, 3.63) is 303 Å². The first kappa shape index (κ1) is 53.3. The minimum atomic E-state index is -0.366. The first-order chi connectivity index (χ1) is 44.3. The molecule has 0 N–H and O–H groups in total. The quantitative estimate of drug-likeness (QED) is 0.126. The Morgan fingerprint density at radius 1 is 0.144 bits per heavy atom. The smallest absolute Gasteiger partial charge is 0.123 e. The van der Waals surface area contributed by atoms with E-state index in [1.807, 2.05) is 140 Å². The molecule has 0 aliphatic carbocycles. The molecule has 4 heterocycles. The van der Waals surface area contributed by atoms with Gasteiger partial charge in [-0.3, -0.25) is 0 Å². The molecule has 0 atom stereocenters. The van der Waals surface area contributed by atoms with E-state index in [4.69, 9.17) is 39.9 Å². The number of halogens is 2. The molecule has 4 aromatic heterocycles. The van der Waals surface area contributed by atoms with Crippen LogP contribution < -0.4 is 0 Å². The van der Waals surface area contributed by atoms with Crippen LogP contribution >= 0.6 is 0 Å². The standard InChI is InChI=1S/C80H48F2N8/c81-63-37-31-55(32-38-63)78-75(52-19-9-3-10-20-52)85-67-41-35-59(47-71(67)89-78)58-34-40-66-70(46-58)88-77(74(84-66)51-17-7-2-8-18-51)54-29-27-49(28-30-54)56-23-13-24-61(43-56)79-80(62-25-14-26-64(82)44-62)90-72-48-60(36-42-68(72)86-79)57-33-39-65-69(45-57)87-76(53-21-11-4-12-22-53)73(83-65)50-15-5-1-6-16-50/h1-48H. The van der Waals surface area contributed by atoms with E-state index in [1.165, 1.54) is 24.3 Å². The highest BCUT2D eigenvalue weighted by atomic mass is 19.1. The molecule has 422 valence electrons. The van der Waals surface area contributed by atoms with Crippen LogP contribution in [0.1, 0.15) is 0 Å². The minimum Gasteiger partial charge on any atom is -0.244 e. The lowest BCUT2D eigenvalue weighted by atomic mass is 9.96. The Balaban J connectivity index is 0.737. The summed E-state index contributed by atoms with van der Waals surface area (Å²) in [6.07, 6.45) is 0. The molecule has 0 bridgehead atoms. The summed E-state index contributed by atoms with van der Waals surface area (Å²) < 4.78 is 29.3. The van der Waals surface area contributed by atoms with E-state index in [2.05, 4.69) is 109 Å². The predicted molar refractivity (Wildman–Crippen MR) is 359 cm³/mol. The van der Waals surface area contributed by atoms with Gasteiger partial charge in [-0.2, -0.15) is 0 Å². The normalized spacial score (nSPS) is 11.4. The SMILES string of the molecule is Fc1ccc(-c2nc3cc(-c4ccc5nc(-c6ccccc6)c(-c6ccc(-c7cccc(-c8nc9ccc(-c%10ccc%11nc(-c%12ccccc%12)c(-c%12ccccc%12)nc%11c%10)cc9nc8-c8cccc(F)c8)c7)cc6)nc5c4)ccc3nc2-c2ccccc2)cc1. The minimum absolute atomic E-state index is 0.316. The summed E-state index contributed by atoms with van der Waals surface area (Å²) in [5, 5.41) is 0. The van der Waals surface area contributed by atoms with Gasteiger partial charge in [-0.25, -0.2) is 48.7 Å². The molecule has 16 rings (SSSR count). The van der Waals surface area contributed by atoms with Crippen LogP contribution in [0.4, 0.5) is 8.78 Å². The zero-order chi connectivity index (χ0) is 60.1. The highest BCUT2D eigenvalue weighted by molar-refractivity contribution is 5.95. The molecule has 0 aliphatic rings. The number of nitrogens with zero attached hydrogens (tertiary/aromatic N) is 8. The van der Waals surface area contributed by atoms with E-state index >= 15 is 4.39 Å². The van der Waals surface area contributed by atoms with Gasteiger partial charge in [0.05, 0.1) is 89.7 Å². The van der Waals surface area contributed by atoms with Gasteiger partial charge in [0.1, 0.15) is 11.6 Å². The number of hydrogen-bond donors (Lipinski definition) is 0. The van der Waals surface area contributed by atoms with Gasteiger partial charge >= 0.3 is 0 Å². The Kier molecular flexibility index (Phi) is 13.4. The fourth-order valence-corrected chi connectivity index (χ4v) is 11.8. The molecule has 12 aromatic carbocycles. The molecule has 0 aliphatic heterocycles. The predicted octanol–water partition coefficient (Wildman–Crippen LogP) is 20.1. The van der Waals surface area contributed by atoms with Crippen molar-refractivity contribution >= 4 is 44.1 Å². The van der Waals surface area contributed by atoms with Crippen LogP contribution in [-0.2, 0) is 0 Å². The second-order valence-corrected chi connectivity index (χ2v) is 22.1. The molecule has 10 heteroatoms. The zero-order valence-corrected chi connectivity index (χ0v) is 48.0. The first-order valence-electron chi connectivity index (χ1n) is 29.6. The molecule has 0 unspecified atom stereocenters. The van der Waals surface area contributed by atoms with Crippen LogP contribution in [0.5, 0.6) is 0 Å². The monoisotopic (exact) mass is 1160 g/mol. The number of benzene rings is 12. The Bertz CT molecular complexity index is 5420. The van der Waals surface area contributed by atoms with Crippen molar-refractivity contribution in [2.45, 2.75) is 0 Å². The molecule has 0 radical (unpaired) electrons. The topological polar surface area (TPSA) is 103 Å². The number of fused-ring (bicyclic) bond motifs is 4. The van der Waals surface area contributed by atoms with Crippen LogP contribution in [-0.4, -0.2) is 39.9 Å². The summed E-state index contributed by atoms with van der Waals surface area (Å²) in [7, 11) is 0. The highest BCUT2D eigenvalue weighted by Gasteiger charge is 2.21. The van der Waals surface area contributed by atoms with Crippen LogP contribution in [0, 0.1) is 11.6 Å². The molecule has 8 nitrogen and oxygen atoms in total. The number of hydrogen-bond acceptors (Lipinski definition) is 8. The Morgan fingerprint density at radius 3 is 0.722 bits per heavy atom.